The van der Waals surface area contributed by atoms with Crippen molar-refractivity contribution < 1.29 is 8.42 Å². The summed E-state index contributed by atoms with van der Waals surface area (Å²) >= 11 is 0. The zero-order valence-corrected chi connectivity index (χ0v) is 11.3. The fourth-order valence-corrected chi connectivity index (χ4v) is 2.06. The van der Waals surface area contributed by atoms with Gasteiger partial charge in [-0.25, -0.2) is 9.71 Å². The predicted octanol–water partition coefficient (Wildman–Crippen LogP) is -0.540. The lowest BCUT2D eigenvalue weighted by Gasteiger charge is -2.17. The highest BCUT2D eigenvalue weighted by atomic mass is 32.2. The van der Waals surface area contributed by atoms with Gasteiger partial charge in [0, 0.05) is 13.6 Å². The highest BCUT2D eigenvalue weighted by Crippen LogP contribution is 2.02. The first kappa shape index (κ1) is 14.7. The van der Waals surface area contributed by atoms with E-state index in [0.717, 1.165) is 19.5 Å². The molecule has 1 aromatic heterocycles. The van der Waals surface area contributed by atoms with Crippen LogP contribution in [-0.2, 0) is 10.2 Å². The van der Waals surface area contributed by atoms with Crippen molar-refractivity contribution in [2.24, 2.45) is 0 Å². The van der Waals surface area contributed by atoms with E-state index in [4.69, 9.17) is 0 Å². The number of hydrogen-bond donors (Lipinski definition) is 2. The van der Waals surface area contributed by atoms with Crippen LogP contribution in [0.4, 0.5) is 5.95 Å². The Hall–Kier alpha value is -1.32. The lowest BCUT2D eigenvalue weighted by molar-refractivity contribution is 0.459. The molecule has 0 fully saturated rings. The Kier molecular flexibility index (Phi) is 5.89. The van der Waals surface area contributed by atoms with E-state index in [2.05, 4.69) is 25.2 Å². The number of nitrogens with zero attached hydrogens (tertiary/aromatic N) is 4. The lowest BCUT2D eigenvalue weighted by Crippen LogP contribution is -2.35. The Balaban J connectivity index is 2.47. The van der Waals surface area contributed by atoms with Crippen LogP contribution in [0, 0.1) is 0 Å². The molecule has 1 heterocycles. The SMILES string of the molecule is CCNCCCN(C)S(=O)(=O)Nc1nccnn1. The monoisotopic (exact) mass is 274 g/mol. The van der Waals surface area contributed by atoms with E-state index in [0.29, 0.717) is 6.54 Å². The third-order valence-corrected chi connectivity index (χ3v) is 3.63. The predicted molar refractivity (Wildman–Crippen MR) is 68.2 cm³/mol. The summed E-state index contributed by atoms with van der Waals surface area (Å²) in [5, 5.41) is 10.2. The van der Waals surface area contributed by atoms with Crippen molar-refractivity contribution in [3.8, 4) is 0 Å². The van der Waals surface area contributed by atoms with Gasteiger partial charge in [0.05, 0.1) is 12.4 Å². The summed E-state index contributed by atoms with van der Waals surface area (Å²) in [5.41, 5.74) is 0. The van der Waals surface area contributed by atoms with Crippen molar-refractivity contribution in [2.75, 3.05) is 31.4 Å². The number of rotatable bonds is 8. The zero-order chi connectivity index (χ0) is 13.4. The summed E-state index contributed by atoms with van der Waals surface area (Å²) in [4.78, 5) is 3.75. The first-order valence-corrected chi connectivity index (χ1v) is 7.08. The number of hydrogen-bond acceptors (Lipinski definition) is 6. The van der Waals surface area contributed by atoms with Gasteiger partial charge in [0.1, 0.15) is 0 Å². The first-order valence-electron chi connectivity index (χ1n) is 5.64. The largest absolute Gasteiger partial charge is 0.317 e. The first-order chi connectivity index (χ1) is 8.56. The molecule has 0 spiro atoms. The molecule has 0 atom stereocenters. The van der Waals surface area contributed by atoms with E-state index in [1.807, 2.05) is 6.92 Å². The van der Waals surface area contributed by atoms with Crippen LogP contribution in [0.1, 0.15) is 13.3 Å². The van der Waals surface area contributed by atoms with Crippen molar-refractivity contribution in [3.05, 3.63) is 12.4 Å². The molecule has 8 nitrogen and oxygen atoms in total. The molecule has 0 aliphatic heterocycles. The van der Waals surface area contributed by atoms with Crippen LogP contribution in [0.3, 0.4) is 0 Å². The number of anilines is 1. The fourth-order valence-electron chi connectivity index (χ4n) is 1.21. The number of nitrogens with one attached hydrogen (secondary N) is 2. The Morgan fingerprint density at radius 3 is 2.78 bits per heavy atom. The minimum atomic E-state index is -3.61. The molecule has 2 N–H and O–H groups in total. The maximum Gasteiger partial charge on any atom is 0.303 e. The van der Waals surface area contributed by atoms with E-state index >= 15 is 0 Å². The fraction of sp³-hybridized carbons (Fsp3) is 0.667. The third-order valence-electron chi connectivity index (χ3n) is 2.19. The minimum absolute atomic E-state index is 0.0315. The molecule has 9 heteroatoms. The van der Waals surface area contributed by atoms with Gasteiger partial charge < -0.3 is 5.32 Å². The molecule has 0 aliphatic rings. The van der Waals surface area contributed by atoms with Crippen molar-refractivity contribution in [1.29, 1.82) is 0 Å². The second-order valence-corrected chi connectivity index (χ2v) is 5.38. The maximum atomic E-state index is 11.9. The van der Waals surface area contributed by atoms with E-state index in [-0.39, 0.29) is 5.95 Å². The molecule has 0 bridgehead atoms. The maximum absolute atomic E-state index is 11.9. The normalized spacial score (nSPS) is 11.7. The topological polar surface area (TPSA) is 100 Å². The van der Waals surface area contributed by atoms with Crippen LogP contribution >= 0.6 is 0 Å². The summed E-state index contributed by atoms with van der Waals surface area (Å²) in [7, 11) is -2.11. The Labute approximate surface area is 107 Å². The summed E-state index contributed by atoms with van der Waals surface area (Å²) in [6, 6.07) is 0. The van der Waals surface area contributed by atoms with Gasteiger partial charge >= 0.3 is 10.2 Å². The Morgan fingerprint density at radius 2 is 2.17 bits per heavy atom. The molecule has 1 aromatic rings. The van der Waals surface area contributed by atoms with Gasteiger partial charge in [0.15, 0.2) is 0 Å². The molecule has 0 aliphatic carbocycles. The van der Waals surface area contributed by atoms with Crippen molar-refractivity contribution in [2.45, 2.75) is 13.3 Å². The van der Waals surface area contributed by atoms with Crippen molar-refractivity contribution in [3.63, 3.8) is 0 Å². The van der Waals surface area contributed by atoms with Crippen molar-refractivity contribution >= 4 is 16.2 Å². The highest BCUT2D eigenvalue weighted by Gasteiger charge is 2.18. The van der Waals surface area contributed by atoms with Gasteiger partial charge in [-0.1, -0.05) is 6.92 Å². The van der Waals surface area contributed by atoms with Crippen LogP contribution in [0.15, 0.2) is 12.4 Å². The molecular weight excluding hydrogens is 256 g/mol. The smallest absolute Gasteiger partial charge is 0.303 e. The average molecular weight is 274 g/mol. The summed E-state index contributed by atoms with van der Waals surface area (Å²) < 4.78 is 27.2. The van der Waals surface area contributed by atoms with Gasteiger partial charge in [0.2, 0.25) is 0 Å². The summed E-state index contributed by atoms with van der Waals surface area (Å²) in [6.45, 7) is 4.07. The third kappa shape index (κ3) is 4.90. The van der Waals surface area contributed by atoms with Gasteiger partial charge in [-0.2, -0.15) is 17.8 Å². The van der Waals surface area contributed by atoms with Gasteiger partial charge in [-0.05, 0) is 19.5 Å². The zero-order valence-electron chi connectivity index (χ0n) is 10.5. The molecule has 0 unspecified atom stereocenters. The van der Waals surface area contributed by atoms with E-state index < -0.39 is 10.2 Å². The van der Waals surface area contributed by atoms with Gasteiger partial charge in [-0.3, -0.25) is 0 Å². The van der Waals surface area contributed by atoms with Gasteiger partial charge in [-0.15, -0.1) is 5.10 Å². The molecular formula is C9H18N6O2S. The molecule has 0 saturated carbocycles. The van der Waals surface area contributed by atoms with E-state index in [9.17, 15) is 8.42 Å². The Morgan fingerprint density at radius 1 is 1.39 bits per heavy atom. The standard InChI is InChI=1S/C9H18N6O2S/c1-3-10-5-4-8-15(2)18(16,17)14-9-11-6-7-12-13-9/h6-7,10H,3-5,8H2,1-2H3,(H,11,13,14). The molecule has 0 saturated heterocycles. The molecule has 0 aromatic carbocycles. The summed E-state index contributed by atoms with van der Waals surface area (Å²) in [6.07, 6.45) is 3.48. The quantitative estimate of drug-likeness (QED) is 0.618. The van der Waals surface area contributed by atoms with Crippen molar-refractivity contribution in [1.82, 2.24) is 24.8 Å². The van der Waals surface area contributed by atoms with Crippen LogP contribution in [0.25, 0.3) is 0 Å². The van der Waals surface area contributed by atoms with Crippen LogP contribution in [0.5, 0.6) is 0 Å². The summed E-state index contributed by atoms with van der Waals surface area (Å²) in [5.74, 6) is -0.0315. The molecule has 102 valence electrons. The Bertz CT molecular complexity index is 438. The average Bonchev–Trinajstić information content (AvgIpc) is 2.35. The molecule has 0 radical (unpaired) electrons. The molecule has 1 rings (SSSR count). The number of aromatic nitrogens is 3. The highest BCUT2D eigenvalue weighted by molar-refractivity contribution is 7.90. The minimum Gasteiger partial charge on any atom is -0.317 e. The van der Waals surface area contributed by atoms with Gasteiger partial charge in [0.25, 0.3) is 5.95 Å². The van der Waals surface area contributed by atoms with Crippen LogP contribution in [0.2, 0.25) is 0 Å². The lowest BCUT2D eigenvalue weighted by atomic mass is 10.4. The molecule has 18 heavy (non-hydrogen) atoms. The van der Waals surface area contributed by atoms with Crippen LogP contribution < -0.4 is 10.0 Å². The second-order valence-electron chi connectivity index (χ2n) is 3.60. The van der Waals surface area contributed by atoms with E-state index in [1.54, 1.807) is 0 Å². The second kappa shape index (κ2) is 7.19. The van der Waals surface area contributed by atoms with Crippen LogP contribution in [-0.4, -0.2) is 54.6 Å². The molecule has 0 amide bonds. The van der Waals surface area contributed by atoms with E-state index in [1.165, 1.54) is 23.7 Å².